The van der Waals surface area contributed by atoms with Crippen molar-refractivity contribution in [2.75, 3.05) is 21.1 Å². The van der Waals surface area contributed by atoms with E-state index >= 15 is 0 Å². The average Bonchev–Trinajstić information content (AvgIpc) is 2.01. The lowest BCUT2D eigenvalue weighted by atomic mass is 10.8. The molecule has 60 valence electrons. The van der Waals surface area contributed by atoms with E-state index in [4.69, 9.17) is 0 Å². The summed E-state index contributed by atoms with van der Waals surface area (Å²) in [7, 11) is 4.50. The maximum Gasteiger partial charge on any atom is -0.0195 e. The van der Waals surface area contributed by atoms with E-state index in [1.807, 2.05) is 6.92 Å². The molecule has 0 aliphatic heterocycles. The molecule has 0 saturated heterocycles. The van der Waals surface area contributed by atoms with E-state index < -0.39 is 0 Å². The van der Waals surface area contributed by atoms with Crippen LogP contribution in [0.1, 0.15) is 6.92 Å². The Morgan fingerprint density at radius 3 is 0.889 bits per heavy atom. The first-order valence-electron chi connectivity index (χ1n) is 2.72. The molecule has 0 radical (unpaired) electrons. The minimum Gasteiger partial charge on any atom is -0.333 e. The highest BCUT2D eigenvalue weighted by molar-refractivity contribution is 4.51. The van der Waals surface area contributed by atoms with Crippen LogP contribution in [0.15, 0.2) is 12.7 Å². The molecule has 0 rings (SSSR count). The lowest BCUT2D eigenvalue weighted by Gasteiger charge is -1.31. The second-order valence-corrected chi connectivity index (χ2v) is 0.408. The van der Waals surface area contributed by atoms with Crippen LogP contribution in [0.25, 0.3) is 0 Å². The summed E-state index contributed by atoms with van der Waals surface area (Å²) in [6.07, 6.45) is 1.75. The van der Waals surface area contributed by atoms with Gasteiger partial charge in [-0.3, -0.25) is 0 Å². The largest absolute Gasteiger partial charge is 0.333 e. The third-order valence-electron chi connectivity index (χ3n) is 0. The predicted molar refractivity (Wildman–Crippen MR) is 46.2 cm³/mol. The maximum absolute atomic E-state index is 4.50. The highest BCUT2D eigenvalue weighted by atomic mass is 14.4. The van der Waals surface area contributed by atoms with Crippen molar-refractivity contribution in [2.24, 2.45) is 17.2 Å². The second-order valence-electron chi connectivity index (χ2n) is 0.408. The minimum atomic E-state index is 1.50. The first-order valence-corrected chi connectivity index (χ1v) is 2.72. The Bertz CT molecular complexity index is 15.8. The molecule has 0 heterocycles. The fourth-order valence-electron chi connectivity index (χ4n) is 0. The van der Waals surface area contributed by atoms with Crippen molar-refractivity contribution in [2.45, 2.75) is 6.92 Å². The predicted octanol–water partition coefficient (Wildman–Crippen LogP) is -0.0830. The molecule has 0 fully saturated rings. The first kappa shape index (κ1) is 23.4. The third-order valence-corrected chi connectivity index (χ3v) is 0. The molecule has 0 aromatic rings. The molecule has 9 heavy (non-hydrogen) atoms. The van der Waals surface area contributed by atoms with Crippen LogP contribution >= 0.6 is 0 Å². The summed E-state index contributed by atoms with van der Waals surface area (Å²) in [5, 5.41) is 0. The van der Waals surface area contributed by atoms with Crippen LogP contribution in [-0.4, -0.2) is 21.1 Å². The molecular weight excluding hydrogens is 114 g/mol. The summed E-state index contributed by atoms with van der Waals surface area (Å²) >= 11 is 0. The molecule has 0 aromatic carbocycles. The van der Waals surface area contributed by atoms with Gasteiger partial charge < -0.3 is 17.2 Å². The molecule has 0 aliphatic rings. The fourth-order valence-corrected chi connectivity index (χ4v) is 0. The molecule has 0 aliphatic carbocycles. The van der Waals surface area contributed by atoms with Gasteiger partial charge in [0, 0.05) is 0 Å². The van der Waals surface area contributed by atoms with E-state index in [1.54, 1.807) is 6.08 Å². The summed E-state index contributed by atoms with van der Waals surface area (Å²) < 4.78 is 0. The zero-order valence-electron chi connectivity index (χ0n) is 7.02. The van der Waals surface area contributed by atoms with E-state index in [0.29, 0.717) is 0 Å². The van der Waals surface area contributed by atoms with Gasteiger partial charge in [-0.25, -0.2) is 0 Å². The van der Waals surface area contributed by atoms with Crippen molar-refractivity contribution >= 4 is 0 Å². The number of hydrogen-bond donors (Lipinski definition) is 3. The summed E-state index contributed by atoms with van der Waals surface area (Å²) in [6, 6.07) is 0. The molecule has 3 nitrogen and oxygen atoms in total. The molecule has 0 saturated carbocycles. The third kappa shape index (κ3) is 1670. The van der Waals surface area contributed by atoms with Gasteiger partial charge in [0.2, 0.25) is 0 Å². The van der Waals surface area contributed by atoms with Crippen LogP contribution in [0.5, 0.6) is 0 Å². The normalized spacial score (nSPS) is 3.44. The van der Waals surface area contributed by atoms with Crippen LogP contribution in [0.2, 0.25) is 0 Å². The Kier molecular flexibility index (Phi) is 2260. The highest BCUT2D eigenvalue weighted by Gasteiger charge is 1.15. The summed E-state index contributed by atoms with van der Waals surface area (Å²) in [5.41, 5.74) is 13.5. The van der Waals surface area contributed by atoms with Crippen molar-refractivity contribution in [1.29, 1.82) is 0 Å². The Morgan fingerprint density at radius 1 is 0.889 bits per heavy atom. The van der Waals surface area contributed by atoms with Crippen LogP contribution in [0.3, 0.4) is 0 Å². The number of rotatable bonds is 0. The van der Waals surface area contributed by atoms with Gasteiger partial charge in [0.25, 0.3) is 0 Å². The summed E-state index contributed by atoms with van der Waals surface area (Å²) in [5.74, 6) is 0. The van der Waals surface area contributed by atoms with Crippen LogP contribution < -0.4 is 17.2 Å². The molecule has 0 unspecified atom stereocenters. The van der Waals surface area contributed by atoms with Gasteiger partial charge in [0.05, 0.1) is 0 Å². The quantitative estimate of drug-likeness (QED) is 0.406. The van der Waals surface area contributed by atoms with Gasteiger partial charge >= 0.3 is 0 Å². The Hall–Kier alpha value is -0.380. The van der Waals surface area contributed by atoms with Gasteiger partial charge in [0.15, 0.2) is 0 Å². The molecule has 0 bridgehead atoms. The first-order chi connectivity index (χ1) is 4.41. The SMILES string of the molecule is C=CC.CN.CN.CN. The summed E-state index contributed by atoms with van der Waals surface area (Å²) in [6.45, 7) is 5.25. The average molecular weight is 135 g/mol. The van der Waals surface area contributed by atoms with Crippen LogP contribution in [-0.2, 0) is 0 Å². The van der Waals surface area contributed by atoms with Crippen molar-refractivity contribution in [3.63, 3.8) is 0 Å². The maximum atomic E-state index is 4.50. The van der Waals surface area contributed by atoms with Crippen molar-refractivity contribution < 1.29 is 0 Å². The van der Waals surface area contributed by atoms with Crippen LogP contribution in [0, 0.1) is 0 Å². The second kappa shape index (κ2) is 869. The lowest BCUT2D eigenvalue weighted by molar-refractivity contribution is 1.48. The zero-order valence-corrected chi connectivity index (χ0v) is 7.02. The molecule has 0 amide bonds. The summed E-state index contributed by atoms with van der Waals surface area (Å²) in [4.78, 5) is 0. The van der Waals surface area contributed by atoms with Gasteiger partial charge in [0.1, 0.15) is 0 Å². The zero-order chi connectivity index (χ0) is 8.71. The topological polar surface area (TPSA) is 78.1 Å². The van der Waals surface area contributed by atoms with Gasteiger partial charge in [-0.05, 0) is 28.1 Å². The van der Waals surface area contributed by atoms with Gasteiger partial charge in [-0.15, -0.1) is 6.58 Å². The number of allylic oxidation sites excluding steroid dienone is 1. The Morgan fingerprint density at radius 2 is 0.889 bits per heavy atom. The molecular formula is C6H21N3. The fraction of sp³-hybridized carbons (Fsp3) is 0.667. The highest BCUT2D eigenvalue weighted by Crippen LogP contribution is 1.38. The molecule has 0 atom stereocenters. The smallest absolute Gasteiger partial charge is 0.0195 e. The van der Waals surface area contributed by atoms with E-state index in [9.17, 15) is 0 Å². The minimum absolute atomic E-state index is 1.50. The van der Waals surface area contributed by atoms with E-state index in [2.05, 4.69) is 23.8 Å². The molecule has 0 spiro atoms. The van der Waals surface area contributed by atoms with E-state index in [1.165, 1.54) is 21.1 Å². The molecule has 0 aromatic heterocycles. The lowest BCUT2D eigenvalue weighted by Crippen LogP contribution is -1.69. The monoisotopic (exact) mass is 135 g/mol. The molecule has 3 heteroatoms. The van der Waals surface area contributed by atoms with Gasteiger partial charge in [-0.2, -0.15) is 0 Å². The van der Waals surface area contributed by atoms with Crippen molar-refractivity contribution in [1.82, 2.24) is 0 Å². The standard InChI is InChI=1S/C3H6.3CH5N/c1-3-2;3*1-2/h3H,1H2,2H3;3*2H2,1H3. The number of hydrogen-bond acceptors (Lipinski definition) is 3. The van der Waals surface area contributed by atoms with E-state index in [0.717, 1.165) is 0 Å². The van der Waals surface area contributed by atoms with Crippen molar-refractivity contribution in [3.05, 3.63) is 12.7 Å². The van der Waals surface area contributed by atoms with Gasteiger partial charge in [-0.1, -0.05) is 6.08 Å². The van der Waals surface area contributed by atoms with Crippen molar-refractivity contribution in [3.8, 4) is 0 Å². The Labute approximate surface area is 58.9 Å². The number of nitrogens with two attached hydrogens (primary N) is 3. The molecule has 6 N–H and O–H groups in total. The van der Waals surface area contributed by atoms with Crippen LogP contribution in [0.4, 0.5) is 0 Å². The van der Waals surface area contributed by atoms with E-state index in [-0.39, 0.29) is 0 Å². The Balaban J connectivity index is -0.0000000190.